The van der Waals surface area contributed by atoms with Gasteiger partial charge in [-0.05, 0) is 57.2 Å². The van der Waals surface area contributed by atoms with Crippen molar-refractivity contribution in [1.82, 2.24) is 0 Å². The van der Waals surface area contributed by atoms with E-state index in [-0.39, 0.29) is 11.7 Å². The summed E-state index contributed by atoms with van der Waals surface area (Å²) in [6.45, 7) is 3.83. The van der Waals surface area contributed by atoms with Crippen molar-refractivity contribution in [2.75, 3.05) is 24.6 Å². The van der Waals surface area contributed by atoms with E-state index >= 15 is 0 Å². The first kappa shape index (κ1) is 15.2. The van der Waals surface area contributed by atoms with Gasteiger partial charge in [0.05, 0.1) is 18.8 Å². The highest BCUT2D eigenvalue weighted by atomic mass is 16.6. The molecule has 0 bridgehead atoms. The number of amides is 1. The summed E-state index contributed by atoms with van der Waals surface area (Å²) in [4.78, 5) is 14.1. The van der Waals surface area contributed by atoms with Crippen molar-refractivity contribution in [2.45, 2.75) is 38.2 Å². The summed E-state index contributed by atoms with van der Waals surface area (Å²) in [5.74, 6) is 1.23. The molecule has 0 aromatic heterocycles. The van der Waals surface area contributed by atoms with Gasteiger partial charge in [-0.3, -0.25) is 4.90 Å². The highest BCUT2D eigenvalue weighted by Crippen LogP contribution is 2.41. The monoisotopic (exact) mass is 304 g/mol. The van der Waals surface area contributed by atoms with E-state index in [4.69, 9.17) is 15.2 Å². The molecule has 2 atom stereocenters. The van der Waals surface area contributed by atoms with Gasteiger partial charge >= 0.3 is 6.09 Å². The highest BCUT2D eigenvalue weighted by Gasteiger charge is 2.48. The van der Waals surface area contributed by atoms with Crippen LogP contribution in [0.1, 0.15) is 32.6 Å². The van der Waals surface area contributed by atoms with E-state index < -0.39 is 0 Å². The fourth-order valence-corrected chi connectivity index (χ4v) is 3.61. The number of carbonyl (C=O) groups is 1. The number of benzene rings is 1. The lowest BCUT2D eigenvalue weighted by atomic mass is 9.78. The first-order valence-corrected chi connectivity index (χ1v) is 8.09. The first-order chi connectivity index (χ1) is 10.7. The van der Waals surface area contributed by atoms with E-state index in [0.29, 0.717) is 25.6 Å². The summed E-state index contributed by atoms with van der Waals surface area (Å²) in [6, 6.07) is 7.62. The number of nitrogens with two attached hydrogens (primary N) is 1. The molecule has 1 aromatic carbocycles. The molecule has 1 saturated heterocycles. The lowest BCUT2D eigenvalue weighted by Crippen LogP contribution is -2.41. The number of hydrogen-bond acceptors (Lipinski definition) is 4. The van der Waals surface area contributed by atoms with Crippen molar-refractivity contribution >= 4 is 11.8 Å². The molecule has 1 saturated carbocycles. The van der Waals surface area contributed by atoms with Crippen LogP contribution in [0.4, 0.5) is 10.5 Å². The lowest BCUT2D eigenvalue weighted by Gasteiger charge is -2.35. The Hall–Kier alpha value is -1.75. The number of rotatable bonds is 4. The van der Waals surface area contributed by atoms with Crippen LogP contribution in [0.25, 0.3) is 0 Å². The number of carbonyl (C=O) groups excluding carboxylic acids is 1. The maximum atomic E-state index is 12.3. The molecule has 0 radical (unpaired) electrons. The Balaban J connectivity index is 1.78. The molecule has 2 aliphatic rings. The van der Waals surface area contributed by atoms with Crippen LogP contribution >= 0.6 is 0 Å². The first-order valence-electron chi connectivity index (χ1n) is 8.09. The zero-order valence-corrected chi connectivity index (χ0v) is 13.1. The Kier molecular flexibility index (Phi) is 4.25. The Morgan fingerprint density at radius 1 is 1.50 bits per heavy atom. The van der Waals surface area contributed by atoms with Crippen molar-refractivity contribution < 1.29 is 14.3 Å². The normalized spacial score (nSPS) is 28.0. The van der Waals surface area contributed by atoms with Gasteiger partial charge in [-0.1, -0.05) is 6.07 Å². The highest BCUT2D eigenvalue weighted by molar-refractivity contribution is 5.90. The molecule has 5 heteroatoms. The largest absolute Gasteiger partial charge is 0.494 e. The molecule has 2 fully saturated rings. The van der Waals surface area contributed by atoms with Gasteiger partial charge < -0.3 is 15.2 Å². The summed E-state index contributed by atoms with van der Waals surface area (Å²) in [5.41, 5.74) is 6.29. The van der Waals surface area contributed by atoms with Gasteiger partial charge in [0.1, 0.15) is 11.4 Å². The molecule has 1 unspecified atom stereocenters. The van der Waals surface area contributed by atoms with E-state index in [1.807, 2.05) is 31.2 Å². The second-order valence-corrected chi connectivity index (χ2v) is 6.27. The molecule has 1 amide bonds. The van der Waals surface area contributed by atoms with Gasteiger partial charge in [-0.2, -0.15) is 0 Å². The smallest absolute Gasteiger partial charge is 0.415 e. The van der Waals surface area contributed by atoms with Crippen molar-refractivity contribution in [3.63, 3.8) is 0 Å². The van der Waals surface area contributed by atoms with Crippen LogP contribution in [0.5, 0.6) is 5.75 Å². The molecule has 22 heavy (non-hydrogen) atoms. The summed E-state index contributed by atoms with van der Waals surface area (Å²) >= 11 is 0. The molecule has 1 heterocycles. The van der Waals surface area contributed by atoms with Crippen LogP contribution < -0.4 is 15.4 Å². The minimum atomic E-state index is -0.360. The van der Waals surface area contributed by atoms with Gasteiger partial charge in [0.15, 0.2) is 0 Å². The van der Waals surface area contributed by atoms with Gasteiger partial charge in [-0.25, -0.2) is 4.79 Å². The molecular weight excluding hydrogens is 280 g/mol. The third-order valence-corrected chi connectivity index (χ3v) is 4.65. The third-order valence-electron chi connectivity index (χ3n) is 4.65. The minimum Gasteiger partial charge on any atom is -0.494 e. The van der Waals surface area contributed by atoms with Crippen LogP contribution in [0.2, 0.25) is 0 Å². The number of anilines is 1. The molecule has 1 aliphatic heterocycles. The van der Waals surface area contributed by atoms with Crippen molar-refractivity contribution in [1.29, 1.82) is 0 Å². The summed E-state index contributed by atoms with van der Waals surface area (Å²) in [6.07, 6.45) is 3.75. The summed E-state index contributed by atoms with van der Waals surface area (Å²) in [7, 11) is 0. The predicted molar refractivity (Wildman–Crippen MR) is 85.2 cm³/mol. The van der Waals surface area contributed by atoms with Crippen molar-refractivity contribution in [3.8, 4) is 5.75 Å². The molecular formula is C17H24N2O3. The lowest BCUT2D eigenvalue weighted by molar-refractivity contribution is 0.00867. The quantitative estimate of drug-likeness (QED) is 0.929. The predicted octanol–water partition coefficient (Wildman–Crippen LogP) is 2.93. The number of ether oxygens (including phenoxy) is 2. The fourth-order valence-electron chi connectivity index (χ4n) is 3.61. The zero-order valence-electron chi connectivity index (χ0n) is 13.1. The maximum Gasteiger partial charge on any atom is 0.415 e. The van der Waals surface area contributed by atoms with Gasteiger partial charge in [0.25, 0.3) is 0 Å². The van der Waals surface area contributed by atoms with Crippen LogP contribution in [-0.2, 0) is 4.74 Å². The van der Waals surface area contributed by atoms with Crippen LogP contribution in [0, 0.1) is 5.92 Å². The van der Waals surface area contributed by atoms with Gasteiger partial charge in [-0.15, -0.1) is 0 Å². The van der Waals surface area contributed by atoms with E-state index in [0.717, 1.165) is 37.1 Å². The summed E-state index contributed by atoms with van der Waals surface area (Å²) < 4.78 is 11.3. The molecule has 2 N–H and O–H groups in total. The van der Waals surface area contributed by atoms with Gasteiger partial charge in [0, 0.05) is 6.07 Å². The molecule has 1 spiro atoms. The third kappa shape index (κ3) is 2.90. The van der Waals surface area contributed by atoms with Crippen molar-refractivity contribution in [3.05, 3.63) is 24.3 Å². The van der Waals surface area contributed by atoms with Crippen molar-refractivity contribution in [2.24, 2.45) is 11.7 Å². The average molecular weight is 304 g/mol. The molecule has 120 valence electrons. The van der Waals surface area contributed by atoms with E-state index in [1.165, 1.54) is 0 Å². The standard InChI is InChI=1S/C17H24N2O3/c1-2-21-15-7-3-6-14(9-15)19-12-17(22-16(19)20)8-4-5-13(10-17)11-18/h3,6-7,9,13H,2,4-5,8,10-12,18H2,1H3/t13-,17?/m0/s1. The Labute approximate surface area is 131 Å². The Bertz CT molecular complexity index is 548. The number of hydrogen-bond donors (Lipinski definition) is 1. The number of nitrogens with zero attached hydrogens (tertiary/aromatic N) is 1. The second-order valence-electron chi connectivity index (χ2n) is 6.27. The molecule has 1 aliphatic carbocycles. The van der Waals surface area contributed by atoms with Crippen LogP contribution in [0.3, 0.4) is 0 Å². The summed E-state index contributed by atoms with van der Waals surface area (Å²) in [5, 5.41) is 0. The Morgan fingerprint density at radius 2 is 2.36 bits per heavy atom. The average Bonchev–Trinajstić information content (AvgIpc) is 2.84. The second kappa shape index (κ2) is 6.16. The van der Waals surface area contributed by atoms with Crippen LogP contribution in [0.15, 0.2) is 24.3 Å². The molecule has 1 aromatic rings. The zero-order chi connectivity index (χ0) is 15.6. The Morgan fingerprint density at radius 3 is 3.14 bits per heavy atom. The molecule has 5 nitrogen and oxygen atoms in total. The van der Waals surface area contributed by atoms with E-state index in [9.17, 15) is 4.79 Å². The van der Waals surface area contributed by atoms with E-state index in [1.54, 1.807) is 4.90 Å². The fraction of sp³-hybridized carbons (Fsp3) is 0.588. The van der Waals surface area contributed by atoms with Crippen LogP contribution in [-0.4, -0.2) is 31.4 Å². The SMILES string of the molecule is CCOc1cccc(N2CC3(CCC[C@H](CN)C3)OC2=O)c1. The van der Waals surface area contributed by atoms with E-state index in [2.05, 4.69) is 0 Å². The molecule has 3 rings (SSSR count). The topological polar surface area (TPSA) is 64.8 Å². The minimum absolute atomic E-state index is 0.258. The van der Waals surface area contributed by atoms with Gasteiger partial charge in [0.2, 0.25) is 0 Å². The maximum absolute atomic E-state index is 12.3.